The van der Waals surface area contributed by atoms with Crippen molar-refractivity contribution in [2.45, 2.75) is 140 Å². The van der Waals surface area contributed by atoms with Crippen LogP contribution in [0.2, 0.25) is 0 Å². The maximum absolute atomic E-state index is 7.12. The first-order chi connectivity index (χ1) is 24.7. The van der Waals surface area contributed by atoms with Gasteiger partial charge in [0, 0.05) is 16.5 Å². The largest absolute Gasteiger partial charge is 0.457 e. The van der Waals surface area contributed by atoms with E-state index in [0.29, 0.717) is 11.8 Å². The molecule has 270 valence electrons. The van der Waals surface area contributed by atoms with Gasteiger partial charge in [0.2, 0.25) is 0 Å². The number of fused-ring (bicyclic) bond motifs is 4. The molecule has 0 amide bonds. The number of anilines is 3. The molecule has 2 nitrogen and oxygen atoms in total. The predicted octanol–water partition coefficient (Wildman–Crippen LogP) is 13.7. The third-order valence-electron chi connectivity index (χ3n) is 15.8. The standard InChI is InChI=1S/C50H59NO/c1-46(2)22-24-48(5,6)43-36(46)15-11-17-38(43)51(39-18-12-16-37-44(39)49(7,8)25-23-47(37,3)4)40-19-13-21-42-45(40)50(35-14-9-10-20-41(35)52-42)33-27-31-26-32(29-33)30-34(50)28-31/h9-21,31-34H,22-30H2,1-8H3. The van der Waals surface area contributed by atoms with Crippen LogP contribution >= 0.6 is 0 Å². The van der Waals surface area contributed by atoms with Gasteiger partial charge >= 0.3 is 0 Å². The van der Waals surface area contributed by atoms with Crippen LogP contribution in [-0.2, 0) is 27.1 Å². The van der Waals surface area contributed by atoms with Crippen LogP contribution in [0.5, 0.6) is 11.5 Å². The zero-order valence-corrected chi connectivity index (χ0v) is 33.0. The number of hydrogen-bond acceptors (Lipinski definition) is 2. The van der Waals surface area contributed by atoms with Gasteiger partial charge in [-0.15, -0.1) is 0 Å². The number of nitrogens with zero attached hydrogens (tertiary/aromatic N) is 1. The van der Waals surface area contributed by atoms with Gasteiger partial charge in [-0.05, 0) is 156 Å². The maximum atomic E-state index is 7.12. The maximum Gasteiger partial charge on any atom is 0.133 e. The fraction of sp³-hybridized carbons (Fsp3) is 0.520. The lowest BCUT2D eigenvalue weighted by atomic mass is 9.41. The molecule has 4 fully saturated rings. The summed E-state index contributed by atoms with van der Waals surface area (Å²) >= 11 is 0. The van der Waals surface area contributed by atoms with Gasteiger partial charge in [0.1, 0.15) is 11.5 Å². The molecule has 11 rings (SSSR count). The molecule has 4 saturated carbocycles. The van der Waals surface area contributed by atoms with Crippen molar-refractivity contribution in [1.82, 2.24) is 0 Å². The molecule has 0 radical (unpaired) electrons. The Balaban J connectivity index is 1.33. The summed E-state index contributed by atoms with van der Waals surface area (Å²) in [7, 11) is 0. The van der Waals surface area contributed by atoms with E-state index in [9.17, 15) is 0 Å². The van der Waals surface area contributed by atoms with Gasteiger partial charge in [-0.3, -0.25) is 0 Å². The second-order valence-electron chi connectivity index (χ2n) is 20.7. The van der Waals surface area contributed by atoms with Crippen LogP contribution in [0.25, 0.3) is 0 Å². The summed E-state index contributed by atoms with van der Waals surface area (Å²) < 4.78 is 7.12. The molecular formula is C50H59NO. The highest BCUT2D eigenvalue weighted by Gasteiger charge is 2.62. The first-order valence-corrected chi connectivity index (χ1v) is 20.7. The Hall–Kier alpha value is -3.52. The van der Waals surface area contributed by atoms with Gasteiger partial charge in [-0.2, -0.15) is 0 Å². The highest BCUT2D eigenvalue weighted by Crippen LogP contribution is 2.71. The van der Waals surface area contributed by atoms with E-state index in [1.165, 1.54) is 108 Å². The summed E-state index contributed by atoms with van der Waals surface area (Å²) in [6.45, 7) is 19.9. The molecular weight excluding hydrogens is 631 g/mol. The summed E-state index contributed by atoms with van der Waals surface area (Å²) in [4.78, 5) is 2.80. The van der Waals surface area contributed by atoms with Crippen LogP contribution in [0, 0.1) is 23.7 Å². The summed E-state index contributed by atoms with van der Waals surface area (Å²) in [5.41, 5.74) is 13.4. The van der Waals surface area contributed by atoms with Gasteiger partial charge in [-0.25, -0.2) is 0 Å². The molecule has 1 spiro atoms. The van der Waals surface area contributed by atoms with Crippen molar-refractivity contribution >= 4 is 17.1 Å². The highest BCUT2D eigenvalue weighted by molar-refractivity contribution is 5.87. The molecule has 0 N–H and O–H groups in total. The zero-order chi connectivity index (χ0) is 36.0. The van der Waals surface area contributed by atoms with E-state index in [0.717, 1.165) is 23.3 Å². The van der Waals surface area contributed by atoms with Crippen molar-refractivity contribution < 1.29 is 4.74 Å². The third-order valence-corrected chi connectivity index (χ3v) is 15.8. The fourth-order valence-corrected chi connectivity index (χ4v) is 13.3. The van der Waals surface area contributed by atoms with E-state index < -0.39 is 0 Å². The summed E-state index contributed by atoms with van der Waals surface area (Å²) in [6, 6.07) is 30.9. The van der Waals surface area contributed by atoms with Crippen molar-refractivity contribution in [2.75, 3.05) is 4.90 Å². The Labute approximate surface area is 313 Å². The third kappa shape index (κ3) is 4.42. The number of hydrogen-bond donors (Lipinski definition) is 0. The Morgan fingerprint density at radius 2 is 0.865 bits per heavy atom. The van der Waals surface area contributed by atoms with Gasteiger partial charge in [-0.1, -0.05) is 104 Å². The molecule has 4 bridgehead atoms. The van der Waals surface area contributed by atoms with E-state index >= 15 is 0 Å². The smallest absolute Gasteiger partial charge is 0.133 e. The van der Waals surface area contributed by atoms with Crippen molar-refractivity contribution in [2.24, 2.45) is 23.7 Å². The van der Waals surface area contributed by atoms with Crippen molar-refractivity contribution in [3.8, 4) is 11.5 Å². The normalized spacial score (nSPS) is 30.5. The van der Waals surface area contributed by atoms with Crippen molar-refractivity contribution in [3.63, 3.8) is 0 Å². The predicted molar refractivity (Wildman–Crippen MR) is 216 cm³/mol. The minimum absolute atomic E-state index is 0.0432. The summed E-state index contributed by atoms with van der Waals surface area (Å²) in [6.07, 6.45) is 11.6. The van der Waals surface area contributed by atoms with Crippen LogP contribution in [0.4, 0.5) is 17.1 Å². The number of para-hydroxylation sites is 1. The van der Waals surface area contributed by atoms with Gasteiger partial charge in [0.05, 0.1) is 17.1 Å². The second kappa shape index (κ2) is 10.8. The topological polar surface area (TPSA) is 12.5 Å². The van der Waals surface area contributed by atoms with Gasteiger partial charge in [0.15, 0.2) is 0 Å². The minimum atomic E-state index is -0.0559. The SMILES string of the molecule is CC1(C)CCC(C)(C)c2c(N(c3cccc4c3C(C)(C)CCC4(C)C)c3cccc4c3C3(c5ccccc5O4)C4CC5CC(C4)CC3C5)cccc21. The Morgan fingerprint density at radius 1 is 0.442 bits per heavy atom. The van der Waals surface area contributed by atoms with Gasteiger partial charge in [0.25, 0.3) is 0 Å². The van der Waals surface area contributed by atoms with Crippen LogP contribution in [0.1, 0.15) is 147 Å². The second-order valence-corrected chi connectivity index (χ2v) is 20.7. The molecule has 4 aromatic rings. The van der Waals surface area contributed by atoms with Crippen LogP contribution < -0.4 is 9.64 Å². The molecule has 0 aromatic heterocycles. The van der Waals surface area contributed by atoms with Crippen molar-refractivity contribution in [3.05, 3.63) is 112 Å². The first kappa shape index (κ1) is 33.1. The van der Waals surface area contributed by atoms with Crippen molar-refractivity contribution in [1.29, 1.82) is 0 Å². The quantitative estimate of drug-likeness (QED) is 0.212. The van der Waals surface area contributed by atoms with Crippen LogP contribution in [0.15, 0.2) is 78.9 Å². The molecule has 1 aliphatic heterocycles. The highest BCUT2D eigenvalue weighted by atomic mass is 16.5. The molecule has 4 aromatic carbocycles. The average Bonchev–Trinajstić information content (AvgIpc) is 3.10. The molecule has 1 heterocycles. The minimum Gasteiger partial charge on any atom is -0.457 e. The number of rotatable bonds is 3. The molecule has 0 saturated heterocycles. The monoisotopic (exact) mass is 689 g/mol. The van der Waals surface area contributed by atoms with Gasteiger partial charge < -0.3 is 9.64 Å². The zero-order valence-electron chi connectivity index (χ0n) is 33.0. The van der Waals surface area contributed by atoms with E-state index in [-0.39, 0.29) is 27.1 Å². The Bertz CT molecular complexity index is 2000. The molecule has 7 aliphatic rings. The van der Waals surface area contributed by atoms with E-state index in [2.05, 4.69) is 139 Å². The summed E-state index contributed by atoms with van der Waals surface area (Å²) in [5, 5.41) is 0. The lowest BCUT2D eigenvalue weighted by molar-refractivity contribution is -0.0449. The Kier molecular flexibility index (Phi) is 6.87. The van der Waals surface area contributed by atoms with E-state index in [4.69, 9.17) is 4.74 Å². The fourth-order valence-electron chi connectivity index (χ4n) is 13.3. The van der Waals surface area contributed by atoms with E-state index in [1.807, 2.05) is 0 Å². The average molecular weight is 690 g/mol. The lowest BCUT2D eigenvalue weighted by Crippen LogP contribution is -2.57. The van der Waals surface area contributed by atoms with E-state index in [1.54, 1.807) is 0 Å². The van der Waals surface area contributed by atoms with Crippen LogP contribution in [-0.4, -0.2) is 0 Å². The lowest BCUT2D eigenvalue weighted by Gasteiger charge is -2.63. The molecule has 2 heteroatoms. The first-order valence-electron chi connectivity index (χ1n) is 20.7. The molecule has 52 heavy (non-hydrogen) atoms. The summed E-state index contributed by atoms with van der Waals surface area (Å²) in [5.74, 6) is 5.20. The van der Waals surface area contributed by atoms with Crippen LogP contribution in [0.3, 0.4) is 0 Å². The molecule has 0 atom stereocenters. The molecule has 6 aliphatic carbocycles. The number of benzene rings is 4. The number of ether oxygens (including phenoxy) is 1. The molecule has 0 unspecified atom stereocenters. The Morgan fingerprint density at radius 3 is 1.40 bits per heavy atom.